The minimum Gasteiger partial charge on any atom is -0.361 e. The molecule has 2 atom stereocenters. The second-order valence-corrected chi connectivity index (χ2v) is 7.67. The van der Waals surface area contributed by atoms with Gasteiger partial charge in [-0.25, -0.2) is 0 Å². The summed E-state index contributed by atoms with van der Waals surface area (Å²) < 4.78 is 0. The second-order valence-electron chi connectivity index (χ2n) is 7.67. The fraction of sp³-hybridized carbons (Fsp3) is 0.250. The van der Waals surface area contributed by atoms with Crippen LogP contribution in [0.2, 0.25) is 0 Å². The second kappa shape index (κ2) is 7.47. The summed E-state index contributed by atoms with van der Waals surface area (Å²) >= 11 is 0. The molecule has 0 aliphatic rings. The highest BCUT2D eigenvalue weighted by Gasteiger charge is 2.28. The van der Waals surface area contributed by atoms with Gasteiger partial charge in [-0.05, 0) is 71.8 Å². The minimum absolute atomic E-state index is 0.0542. The van der Waals surface area contributed by atoms with Gasteiger partial charge < -0.3 is 19.6 Å². The van der Waals surface area contributed by atoms with Gasteiger partial charge in [-0.2, -0.15) is 0 Å². The van der Waals surface area contributed by atoms with E-state index in [9.17, 15) is 9.59 Å². The maximum absolute atomic E-state index is 12.1. The Balaban J connectivity index is 1.82. The predicted molar refractivity (Wildman–Crippen MR) is 113 cm³/mol. The van der Waals surface area contributed by atoms with Crippen LogP contribution >= 0.6 is 0 Å². The van der Waals surface area contributed by atoms with Crippen LogP contribution in [0.1, 0.15) is 49.7 Å². The molecule has 2 aromatic carbocycles. The molecule has 0 radical (unpaired) electrons. The number of H-pyrrole nitrogens is 2. The van der Waals surface area contributed by atoms with Gasteiger partial charge in [-0.3, -0.25) is 0 Å². The van der Waals surface area contributed by atoms with Gasteiger partial charge in [0.25, 0.3) is 0 Å². The molecular weight excluding hydrogens is 348 g/mol. The monoisotopic (exact) mass is 372 g/mol. The van der Waals surface area contributed by atoms with E-state index in [1.165, 1.54) is 0 Å². The number of Topliss-reactive ketones (excluding diaryl/α,β-unsaturated/α-hetero) is 2. The average Bonchev–Trinajstić information content (AvgIpc) is 3.31. The molecule has 142 valence electrons. The van der Waals surface area contributed by atoms with E-state index in [2.05, 4.69) is 46.4 Å². The number of rotatable bonds is 7. The molecule has 4 heteroatoms. The Morgan fingerprint density at radius 3 is 1.54 bits per heavy atom. The number of aromatic amines is 2. The Bertz CT molecular complexity index is 1060. The first-order chi connectivity index (χ1) is 13.5. The summed E-state index contributed by atoms with van der Waals surface area (Å²) in [6, 6.07) is 16.6. The standard InChI is InChI=1S/C24H24N2O2/c1-15(27)11-21(19-5-3-17-7-9-25-23(17)13-19)22(12-16(2)28)20-6-4-18-8-10-26-24(18)14-20/h3-10,13-14,21-22,25-26H,11-12H2,1-2H3. The fourth-order valence-corrected chi connectivity index (χ4v) is 4.20. The van der Waals surface area contributed by atoms with Crippen LogP contribution in [0.4, 0.5) is 0 Å². The van der Waals surface area contributed by atoms with Crippen molar-refractivity contribution >= 4 is 33.4 Å². The van der Waals surface area contributed by atoms with Crippen molar-refractivity contribution in [3.63, 3.8) is 0 Å². The van der Waals surface area contributed by atoms with Crippen molar-refractivity contribution in [1.82, 2.24) is 9.97 Å². The number of hydrogen-bond donors (Lipinski definition) is 2. The van der Waals surface area contributed by atoms with Crippen molar-refractivity contribution in [2.75, 3.05) is 0 Å². The first-order valence-corrected chi connectivity index (χ1v) is 9.64. The third kappa shape index (κ3) is 3.63. The molecule has 0 saturated carbocycles. The Kier molecular flexibility index (Phi) is 4.86. The van der Waals surface area contributed by atoms with E-state index < -0.39 is 0 Å². The predicted octanol–water partition coefficient (Wildman–Crippen LogP) is 5.47. The molecule has 2 N–H and O–H groups in total. The third-order valence-corrected chi connectivity index (χ3v) is 5.51. The van der Waals surface area contributed by atoms with Crippen LogP contribution in [0.15, 0.2) is 60.9 Å². The number of aromatic nitrogens is 2. The maximum atomic E-state index is 12.1. The van der Waals surface area contributed by atoms with E-state index in [1.54, 1.807) is 13.8 Å². The van der Waals surface area contributed by atoms with Crippen LogP contribution in [-0.2, 0) is 9.59 Å². The number of ketones is 2. The fourth-order valence-electron chi connectivity index (χ4n) is 4.20. The maximum Gasteiger partial charge on any atom is 0.130 e. The van der Waals surface area contributed by atoms with Gasteiger partial charge in [-0.15, -0.1) is 0 Å². The van der Waals surface area contributed by atoms with Crippen LogP contribution in [0.5, 0.6) is 0 Å². The molecule has 2 aromatic heterocycles. The molecule has 2 heterocycles. The number of hydrogen-bond acceptors (Lipinski definition) is 2. The molecule has 4 rings (SSSR count). The highest BCUT2D eigenvalue weighted by atomic mass is 16.1. The smallest absolute Gasteiger partial charge is 0.130 e. The normalized spacial score (nSPS) is 13.6. The summed E-state index contributed by atoms with van der Waals surface area (Å²) in [4.78, 5) is 30.8. The Hall–Kier alpha value is -3.14. The molecule has 28 heavy (non-hydrogen) atoms. The van der Waals surface area contributed by atoms with Crippen LogP contribution in [-0.4, -0.2) is 21.5 Å². The quantitative estimate of drug-likeness (QED) is 0.451. The summed E-state index contributed by atoms with van der Waals surface area (Å²) in [6.45, 7) is 3.25. The van der Waals surface area contributed by atoms with E-state index in [-0.39, 0.29) is 23.4 Å². The van der Waals surface area contributed by atoms with Crippen LogP contribution in [0.3, 0.4) is 0 Å². The Labute approximate surface area is 164 Å². The molecule has 0 saturated heterocycles. The van der Waals surface area contributed by atoms with E-state index in [0.717, 1.165) is 32.9 Å². The van der Waals surface area contributed by atoms with Crippen molar-refractivity contribution < 1.29 is 9.59 Å². The SMILES string of the molecule is CC(=O)CC(c1ccc2cc[nH]c2c1)C(CC(C)=O)c1ccc2cc[nH]c2c1. The molecule has 0 bridgehead atoms. The van der Waals surface area contributed by atoms with Crippen molar-refractivity contribution in [2.45, 2.75) is 38.5 Å². The Morgan fingerprint density at radius 1 is 0.714 bits per heavy atom. The first kappa shape index (κ1) is 18.2. The van der Waals surface area contributed by atoms with Crippen molar-refractivity contribution in [3.8, 4) is 0 Å². The van der Waals surface area contributed by atoms with Gasteiger partial charge in [0.05, 0.1) is 0 Å². The van der Waals surface area contributed by atoms with E-state index in [4.69, 9.17) is 0 Å². The molecule has 0 aliphatic heterocycles. The summed E-state index contributed by atoms with van der Waals surface area (Å²) in [5.41, 5.74) is 4.27. The largest absolute Gasteiger partial charge is 0.361 e. The summed E-state index contributed by atoms with van der Waals surface area (Å²) in [7, 11) is 0. The molecular formula is C24H24N2O2. The molecule has 0 fully saturated rings. The lowest BCUT2D eigenvalue weighted by molar-refractivity contribution is -0.119. The number of carbonyl (C=O) groups is 2. The van der Waals surface area contributed by atoms with Gasteiger partial charge in [0, 0.05) is 36.3 Å². The van der Waals surface area contributed by atoms with Crippen LogP contribution < -0.4 is 0 Å². The first-order valence-electron chi connectivity index (χ1n) is 9.64. The topological polar surface area (TPSA) is 65.7 Å². The van der Waals surface area contributed by atoms with Crippen LogP contribution in [0.25, 0.3) is 21.8 Å². The zero-order valence-electron chi connectivity index (χ0n) is 16.2. The molecule has 0 amide bonds. The number of fused-ring (bicyclic) bond motifs is 2. The summed E-state index contributed by atoms with van der Waals surface area (Å²) in [6.07, 6.45) is 4.65. The molecule has 4 aromatic rings. The third-order valence-electron chi connectivity index (χ3n) is 5.51. The van der Waals surface area contributed by atoms with Crippen LogP contribution in [0, 0.1) is 0 Å². The van der Waals surface area contributed by atoms with Crippen molar-refractivity contribution in [3.05, 3.63) is 72.1 Å². The van der Waals surface area contributed by atoms with Gasteiger partial charge in [0.2, 0.25) is 0 Å². The van der Waals surface area contributed by atoms with Gasteiger partial charge >= 0.3 is 0 Å². The lowest BCUT2D eigenvalue weighted by Gasteiger charge is -2.27. The average molecular weight is 372 g/mol. The number of nitrogens with one attached hydrogen (secondary N) is 2. The van der Waals surface area contributed by atoms with Crippen molar-refractivity contribution in [2.24, 2.45) is 0 Å². The number of benzene rings is 2. The van der Waals surface area contributed by atoms with Gasteiger partial charge in [0.1, 0.15) is 11.6 Å². The molecule has 4 nitrogen and oxygen atoms in total. The van der Waals surface area contributed by atoms with E-state index in [0.29, 0.717) is 12.8 Å². The van der Waals surface area contributed by atoms with E-state index in [1.807, 2.05) is 24.5 Å². The van der Waals surface area contributed by atoms with Crippen molar-refractivity contribution in [1.29, 1.82) is 0 Å². The zero-order chi connectivity index (χ0) is 19.7. The summed E-state index contributed by atoms with van der Waals surface area (Å²) in [5.74, 6) is 0.153. The summed E-state index contributed by atoms with van der Waals surface area (Å²) in [5, 5.41) is 2.28. The lowest BCUT2D eigenvalue weighted by Crippen LogP contribution is -2.17. The molecule has 2 unspecified atom stereocenters. The Morgan fingerprint density at radius 2 is 1.14 bits per heavy atom. The van der Waals surface area contributed by atoms with Gasteiger partial charge in [0.15, 0.2) is 0 Å². The lowest BCUT2D eigenvalue weighted by atomic mass is 9.76. The van der Waals surface area contributed by atoms with E-state index >= 15 is 0 Å². The highest BCUT2D eigenvalue weighted by molar-refractivity contribution is 5.83. The molecule has 0 aliphatic carbocycles. The minimum atomic E-state index is -0.0542. The highest BCUT2D eigenvalue weighted by Crippen LogP contribution is 2.40. The molecule has 0 spiro atoms. The van der Waals surface area contributed by atoms with Gasteiger partial charge in [-0.1, -0.05) is 24.3 Å². The zero-order valence-corrected chi connectivity index (χ0v) is 16.2. The number of carbonyl (C=O) groups excluding carboxylic acids is 2.